The summed E-state index contributed by atoms with van der Waals surface area (Å²) in [4.78, 5) is 30.7. The lowest BCUT2D eigenvalue weighted by molar-refractivity contribution is -0.130. The van der Waals surface area contributed by atoms with Crippen molar-refractivity contribution in [2.24, 2.45) is 0 Å². The van der Waals surface area contributed by atoms with Crippen molar-refractivity contribution in [3.8, 4) is 5.75 Å². The molecule has 1 N–H and O–H groups in total. The van der Waals surface area contributed by atoms with E-state index in [0.717, 1.165) is 49.8 Å². The summed E-state index contributed by atoms with van der Waals surface area (Å²) < 4.78 is 10.7. The van der Waals surface area contributed by atoms with E-state index in [2.05, 4.69) is 15.5 Å². The summed E-state index contributed by atoms with van der Waals surface area (Å²) in [5, 5.41) is 7.25. The standard InChI is InChI=1S/C23H32N4O4/c1-17(28)25-23(13-6-4-5-7-14-23)22-24-20(31-26-22)11-12-21(29)27(2)16-18-9-8-10-19(15-18)30-3/h8-10,15H,4-7,11-14,16H2,1-3H3,(H,25,28). The van der Waals surface area contributed by atoms with Crippen LogP contribution in [0.5, 0.6) is 5.75 Å². The fraction of sp³-hybridized carbons (Fsp3) is 0.565. The van der Waals surface area contributed by atoms with E-state index in [1.54, 1.807) is 19.1 Å². The van der Waals surface area contributed by atoms with Crippen LogP contribution in [0.1, 0.15) is 69.1 Å². The molecule has 168 valence electrons. The van der Waals surface area contributed by atoms with Gasteiger partial charge in [-0.1, -0.05) is 43.0 Å². The molecular weight excluding hydrogens is 396 g/mol. The molecule has 0 spiro atoms. The second-order valence-corrected chi connectivity index (χ2v) is 8.29. The molecule has 1 fully saturated rings. The number of aryl methyl sites for hydroxylation is 1. The summed E-state index contributed by atoms with van der Waals surface area (Å²) in [6.07, 6.45) is 6.54. The van der Waals surface area contributed by atoms with Crippen LogP contribution in [0.2, 0.25) is 0 Å². The fourth-order valence-corrected chi connectivity index (χ4v) is 4.16. The molecule has 8 nitrogen and oxygen atoms in total. The van der Waals surface area contributed by atoms with Crippen LogP contribution < -0.4 is 10.1 Å². The number of ether oxygens (including phenoxy) is 1. The molecule has 2 amide bonds. The van der Waals surface area contributed by atoms with Gasteiger partial charge in [0.1, 0.15) is 11.3 Å². The van der Waals surface area contributed by atoms with E-state index in [4.69, 9.17) is 9.26 Å². The molecule has 1 saturated carbocycles. The van der Waals surface area contributed by atoms with E-state index in [1.807, 2.05) is 24.3 Å². The topological polar surface area (TPSA) is 97.6 Å². The first-order valence-electron chi connectivity index (χ1n) is 10.9. The molecule has 1 aromatic heterocycles. The Kier molecular flexibility index (Phi) is 7.65. The summed E-state index contributed by atoms with van der Waals surface area (Å²) >= 11 is 0. The molecule has 0 atom stereocenters. The smallest absolute Gasteiger partial charge is 0.227 e. The lowest BCUT2D eigenvalue weighted by Gasteiger charge is -2.30. The molecule has 8 heteroatoms. The highest BCUT2D eigenvalue weighted by atomic mass is 16.5. The predicted molar refractivity (Wildman–Crippen MR) is 115 cm³/mol. The summed E-state index contributed by atoms with van der Waals surface area (Å²) in [7, 11) is 3.40. The lowest BCUT2D eigenvalue weighted by atomic mass is 9.89. The molecule has 1 aliphatic rings. The van der Waals surface area contributed by atoms with Gasteiger partial charge < -0.3 is 19.5 Å². The average Bonchev–Trinajstić information content (AvgIpc) is 3.12. The number of aromatic nitrogens is 2. The SMILES string of the molecule is COc1cccc(CN(C)C(=O)CCc2nc(C3(NC(C)=O)CCCCCC3)no2)c1. The van der Waals surface area contributed by atoms with Crippen molar-refractivity contribution in [2.75, 3.05) is 14.2 Å². The van der Waals surface area contributed by atoms with Gasteiger partial charge in [0.15, 0.2) is 5.82 Å². The Hall–Kier alpha value is -2.90. The van der Waals surface area contributed by atoms with Gasteiger partial charge in [-0.05, 0) is 30.5 Å². The van der Waals surface area contributed by atoms with Crippen molar-refractivity contribution in [3.63, 3.8) is 0 Å². The second-order valence-electron chi connectivity index (χ2n) is 8.29. The van der Waals surface area contributed by atoms with Crippen LogP contribution in [-0.2, 0) is 28.1 Å². The summed E-state index contributed by atoms with van der Waals surface area (Å²) in [5.41, 5.74) is 0.429. The monoisotopic (exact) mass is 428 g/mol. The Morgan fingerprint density at radius 3 is 2.65 bits per heavy atom. The number of nitrogens with one attached hydrogen (secondary N) is 1. The van der Waals surface area contributed by atoms with Crippen LogP contribution in [0.3, 0.4) is 0 Å². The molecule has 0 bridgehead atoms. The Labute approximate surface area is 183 Å². The molecular formula is C23H32N4O4. The number of methoxy groups -OCH3 is 1. The van der Waals surface area contributed by atoms with E-state index in [9.17, 15) is 9.59 Å². The number of benzene rings is 1. The van der Waals surface area contributed by atoms with E-state index < -0.39 is 5.54 Å². The Morgan fingerprint density at radius 1 is 1.23 bits per heavy atom. The molecule has 1 aromatic carbocycles. The molecule has 0 aliphatic heterocycles. The Morgan fingerprint density at radius 2 is 1.97 bits per heavy atom. The van der Waals surface area contributed by atoms with E-state index in [-0.39, 0.29) is 18.2 Å². The summed E-state index contributed by atoms with van der Waals surface area (Å²) in [5.74, 6) is 1.61. The third-order valence-electron chi connectivity index (χ3n) is 5.80. The van der Waals surface area contributed by atoms with E-state index >= 15 is 0 Å². The van der Waals surface area contributed by atoms with Crippen LogP contribution in [0, 0.1) is 0 Å². The maximum atomic E-state index is 12.6. The molecule has 0 radical (unpaired) electrons. The minimum absolute atomic E-state index is 0.00592. The van der Waals surface area contributed by atoms with Gasteiger partial charge in [0, 0.05) is 33.4 Å². The van der Waals surface area contributed by atoms with E-state index in [0.29, 0.717) is 24.7 Å². The number of rotatable bonds is 8. The van der Waals surface area contributed by atoms with Gasteiger partial charge in [-0.3, -0.25) is 9.59 Å². The van der Waals surface area contributed by atoms with Gasteiger partial charge in [0.05, 0.1) is 7.11 Å². The van der Waals surface area contributed by atoms with Crippen LogP contribution in [0.25, 0.3) is 0 Å². The number of hydrogen-bond donors (Lipinski definition) is 1. The number of hydrogen-bond acceptors (Lipinski definition) is 6. The number of carbonyl (C=O) groups excluding carboxylic acids is 2. The minimum atomic E-state index is -0.572. The third kappa shape index (κ3) is 6.06. The largest absolute Gasteiger partial charge is 0.497 e. The van der Waals surface area contributed by atoms with Gasteiger partial charge in [-0.25, -0.2) is 0 Å². The molecule has 31 heavy (non-hydrogen) atoms. The molecule has 1 aliphatic carbocycles. The first-order chi connectivity index (χ1) is 14.9. The van der Waals surface area contributed by atoms with Crippen molar-refractivity contribution in [2.45, 2.75) is 70.4 Å². The van der Waals surface area contributed by atoms with Crippen molar-refractivity contribution >= 4 is 11.8 Å². The quantitative estimate of drug-likeness (QED) is 0.648. The van der Waals surface area contributed by atoms with Gasteiger partial charge in [0.2, 0.25) is 17.7 Å². The maximum absolute atomic E-state index is 12.6. The highest BCUT2D eigenvalue weighted by molar-refractivity contribution is 5.76. The predicted octanol–water partition coefficient (Wildman–Crippen LogP) is 3.36. The van der Waals surface area contributed by atoms with Crippen molar-refractivity contribution in [1.82, 2.24) is 20.4 Å². The Bertz CT molecular complexity index is 887. The van der Waals surface area contributed by atoms with Crippen molar-refractivity contribution in [3.05, 3.63) is 41.5 Å². The minimum Gasteiger partial charge on any atom is -0.497 e. The fourth-order valence-electron chi connectivity index (χ4n) is 4.16. The van der Waals surface area contributed by atoms with Crippen LogP contribution >= 0.6 is 0 Å². The highest BCUT2D eigenvalue weighted by Crippen LogP contribution is 2.34. The Balaban J connectivity index is 1.60. The van der Waals surface area contributed by atoms with Crippen LogP contribution in [0.4, 0.5) is 0 Å². The van der Waals surface area contributed by atoms with Crippen LogP contribution in [0.15, 0.2) is 28.8 Å². The number of nitrogens with zero attached hydrogens (tertiary/aromatic N) is 3. The van der Waals surface area contributed by atoms with Gasteiger partial charge in [-0.2, -0.15) is 4.98 Å². The first kappa shape index (κ1) is 22.8. The van der Waals surface area contributed by atoms with Gasteiger partial charge >= 0.3 is 0 Å². The summed E-state index contributed by atoms with van der Waals surface area (Å²) in [6.45, 7) is 2.02. The highest BCUT2D eigenvalue weighted by Gasteiger charge is 2.38. The molecule has 2 aromatic rings. The van der Waals surface area contributed by atoms with Crippen molar-refractivity contribution in [1.29, 1.82) is 0 Å². The number of carbonyl (C=O) groups is 2. The maximum Gasteiger partial charge on any atom is 0.227 e. The van der Waals surface area contributed by atoms with E-state index in [1.165, 1.54) is 6.92 Å². The van der Waals surface area contributed by atoms with Gasteiger partial charge in [0.25, 0.3) is 0 Å². The molecule has 3 rings (SSSR count). The average molecular weight is 429 g/mol. The normalized spacial score (nSPS) is 15.7. The zero-order valence-corrected chi connectivity index (χ0v) is 18.6. The summed E-state index contributed by atoms with van der Waals surface area (Å²) in [6, 6.07) is 7.67. The lowest BCUT2D eigenvalue weighted by Crippen LogP contribution is -2.45. The van der Waals surface area contributed by atoms with Gasteiger partial charge in [-0.15, -0.1) is 0 Å². The zero-order chi connectivity index (χ0) is 22.3. The number of amides is 2. The van der Waals surface area contributed by atoms with Crippen molar-refractivity contribution < 1.29 is 18.8 Å². The van der Waals surface area contributed by atoms with Crippen LogP contribution in [-0.4, -0.2) is 41.0 Å². The molecule has 0 unspecified atom stereocenters. The second kappa shape index (κ2) is 10.4. The molecule has 1 heterocycles. The zero-order valence-electron chi connectivity index (χ0n) is 18.6. The molecule has 0 saturated heterocycles. The first-order valence-corrected chi connectivity index (χ1v) is 10.9. The third-order valence-corrected chi connectivity index (χ3v) is 5.80.